The quantitative estimate of drug-likeness (QED) is 0.656. The lowest BCUT2D eigenvalue weighted by atomic mass is 10.4. The van der Waals surface area contributed by atoms with Crippen molar-refractivity contribution in [1.29, 1.82) is 0 Å². The first-order chi connectivity index (χ1) is 5.13. The van der Waals surface area contributed by atoms with Gasteiger partial charge in [0, 0.05) is 0 Å². The largest absolute Gasteiger partial charge is 0.298 e. The molecule has 0 radical (unpaired) electrons. The molecule has 1 rings (SSSR count). The minimum atomic E-state index is -2.60. The third-order valence-electron chi connectivity index (χ3n) is 1.20. The van der Waals surface area contributed by atoms with E-state index in [1.165, 1.54) is 0 Å². The van der Waals surface area contributed by atoms with Crippen molar-refractivity contribution in [3.63, 3.8) is 0 Å². The lowest BCUT2D eigenvalue weighted by Gasteiger charge is -2.05. The molecule has 0 amide bonds. The third-order valence-corrected chi connectivity index (χ3v) is 1.20. The maximum Gasteiger partial charge on any atom is 0.298 e. The van der Waals surface area contributed by atoms with Gasteiger partial charge in [0.2, 0.25) is 5.82 Å². The molecule has 0 atom stereocenters. The second-order valence-electron chi connectivity index (χ2n) is 2.38. The Labute approximate surface area is 62.2 Å². The Morgan fingerprint density at radius 1 is 1.36 bits per heavy atom. The van der Waals surface area contributed by atoms with E-state index in [0.717, 1.165) is 4.68 Å². The fourth-order valence-electron chi connectivity index (χ4n) is 0.712. The highest BCUT2D eigenvalue weighted by molar-refractivity contribution is 4.83. The van der Waals surface area contributed by atoms with Gasteiger partial charge in [0.15, 0.2) is 0 Å². The molecule has 62 valence electrons. The molecular weight excluding hydrogens is 154 g/mol. The Hall–Kier alpha value is -1.07. The normalized spacial score (nSPS) is 11.5. The molecule has 0 aliphatic heterocycles. The Morgan fingerprint density at radius 2 is 2.00 bits per heavy atom. The number of alkyl halides is 2. The predicted molar refractivity (Wildman–Crippen MR) is 33.2 cm³/mol. The summed E-state index contributed by atoms with van der Waals surface area (Å²) in [6, 6.07) is -0.131. The molecule has 1 heterocycles. The van der Waals surface area contributed by atoms with Crippen molar-refractivity contribution in [2.45, 2.75) is 26.3 Å². The van der Waals surface area contributed by atoms with Gasteiger partial charge in [-0.25, -0.2) is 13.5 Å². The molecular formula is C5H8F2N4. The second-order valence-corrected chi connectivity index (χ2v) is 2.38. The number of hydrogen-bond acceptors (Lipinski definition) is 3. The van der Waals surface area contributed by atoms with Crippen molar-refractivity contribution in [3.8, 4) is 0 Å². The Bertz CT molecular complexity index is 210. The smallest absolute Gasteiger partial charge is 0.222 e. The molecule has 0 aliphatic carbocycles. The summed E-state index contributed by atoms with van der Waals surface area (Å²) in [5.41, 5.74) is 0. The van der Waals surface area contributed by atoms with E-state index in [-0.39, 0.29) is 11.9 Å². The first-order valence-corrected chi connectivity index (χ1v) is 3.19. The van der Waals surface area contributed by atoms with Crippen molar-refractivity contribution < 1.29 is 8.78 Å². The van der Waals surface area contributed by atoms with Crippen LogP contribution in [0.1, 0.15) is 32.1 Å². The van der Waals surface area contributed by atoms with Crippen LogP contribution in [0.5, 0.6) is 0 Å². The molecule has 0 N–H and O–H groups in total. The molecule has 1 aromatic rings. The van der Waals surface area contributed by atoms with E-state index < -0.39 is 6.43 Å². The molecule has 0 spiro atoms. The lowest BCUT2D eigenvalue weighted by molar-refractivity contribution is 0.131. The van der Waals surface area contributed by atoms with Crippen LogP contribution in [0.25, 0.3) is 0 Å². The van der Waals surface area contributed by atoms with E-state index in [4.69, 9.17) is 0 Å². The van der Waals surface area contributed by atoms with Crippen LogP contribution in [-0.4, -0.2) is 20.2 Å². The topological polar surface area (TPSA) is 43.6 Å². The molecule has 6 heteroatoms. The van der Waals surface area contributed by atoms with E-state index in [1.807, 2.05) is 0 Å². The van der Waals surface area contributed by atoms with Gasteiger partial charge in [-0.15, -0.1) is 5.10 Å². The Morgan fingerprint density at radius 3 is 2.36 bits per heavy atom. The van der Waals surface area contributed by atoms with Crippen LogP contribution in [0.3, 0.4) is 0 Å². The van der Waals surface area contributed by atoms with Crippen LogP contribution in [0.15, 0.2) is 0 Å². The summed E-state index contributed by atoms with van der Waals surface area (Å²) in [6.07, 6.45) is -2.60. The van der Waals surface area contributed by atoms with Gasteiger partial charge >= 0.3 is 0 Å². The zero-order valence-electron chi connectivity index (χ0n) is 6.20. The van der Waals surface area contributed by atoms with Crippen molar-refractivity contribution >= 4 is 0 Å². The van der Waals surface area contributed by atoms with Gasteiger partial charge in [-0.3, -0.25) is 0 Å². The third kappa shape index (κ3) is 1.50. The van der Waals surface area contributed by atoms with Crippen molar-refractivity contribution in [1.82, 2.24) is 20.2 Å². The van der Waals surface area contributed by atoms with E-state index in [2.05, 4.69) is 15.5 Å². The maximum atomic E-state index is 12.1. The molecule has 0 saturated heterocycles. The lowest BCUT2D eigenvalue weighted by Crippen LogP contribution is -2.08. The summed E-state index contributed by atoms with van der Waals surface area (Å²) < 4.78 is 25.2. The van der Waals surface area contributed by atoms with Gasteiger partial charge in [-0.2, -0.15) is 0 Å². The van der Waals surface area contributed by atoms with Crippen molar-refractivity contribution in [2.75, 3.05) is 0 Å². The predicted octanol–water partition coefficient (Wildman–Crippen LogP) is 1.19. The number of tetrazole rings is 1. The number of halogens is 2. The highest BCUT2D eigenvalue weighted by Crippen LogP contribution is 2.17. The fraction of sp³-hybridized carbons (Fsp3) is 0.800. The van der Waals surface area contributed by atoms with Crippen molar-refractivity contribution in [3.05, 3.63) is 5.82 Å². The number of hydrogen-bond donors (Lipinski definition) is 0. The average molecular weight is 162 g/mol. The highest BCUT2D eigenvalue weighted by Gasteiger charge is 2.17. The number of nitrogens with zero attached hydrogens (tertiary/aromatic N) is 4. The molecule has 11 heavy (non-hydrogen) atoms. The summed E-state index contributed by atoms with van der Waals surface area (Å²) in [4.78, 5) is 0. The SMILES string of the molecule is CC(C)n1nnnc1C(F)F. The summed E-state index contributed by atoms with van der Waals surface area (Å²) in [6.45, 7) is 3.48. The number of aromatic nitrogens is 4. The Balaban J connectivity index is 2.96. The fourth-order valence-corrected chi connectivity index (χ4v) is 0.712. The summed E-state index contributed by atoms with van der Waals surface area (Å²) in [5.74, 6) is -0.375. The molecule has 0 aliphatic rings. The molecule has 0 unspecified atom stereocenters. The zero-order chi connectivity index (χ0) is 8.43. The highest BCUT2D eigenvalue weighted by atomic mass is 19.3. The van der Waals surface area contributed by atoms with E-state index >= 15 is 0 Å². The average Bonchev–Trinajstić information content (AvgIpc) is 2.32. The minimum Gasteiger partial charge on any atom is -0.222 e. The van der Waals surface area contributed by atoms with E-state index in [9.17, 15) is 8.78 Å². The van der Waals surface area contributed by atoms with Gasteiger partial charge in [-0.05, 0) is 24.3 Å². The van der Waals surface area contributed by atoms with Gasteiger partial charge in [0.1, 0.15) is 0 Å². The summed E-state index contributed by atoms with van der Waals surface area (Å²) in [5, 5.41) is 9.75. The molecule has 1 aromatic heterocycles. The van der Waals surface area contributed by atoms with Gasteiger partial charge in [0.25, 0.3) is 6.43 Å². The van der Waals surface area contributed by atoms with Gasteiger partial charge in [-0.1, -0.05) is 0 Å². The van der Waals surface area contributed by atoms with Crippen LogP contribution >= 0.6 is 0 Å². The van der Waals surface area contributed by atoms with Gasteiger partial charge < -0.3 is 0 Å². The second kappa shape index (κ2) is 2.89. The zero-order valence-corrected chi connectivity index (χ0v) is 6.20. The van der Waals surface area contributed by atoms with Crippen LogP contribution in [0.2, 0.25) is 0 Å². The molecule has 0 bridgehead atoms. The van der Waals surface area contributed by atoms with Crippen molar-refractivity contribution in [2.24, 2.45) is 0 Å². The van der Waals surface area contributed by atoms with E-state index in [1.54, 1.807) is 13.8 Å². The van der Waals surface area contributed by atoms with Crippen LogP contribution in [0, 0.1) is 0 Å². The maximum absolute atomic E-state index is 12.1. The summed E-state index contributed by atoms with van der Waals surface area (Å²) >= 11 is 0. The first-order valence-electron chi connectivity index (χ1n) is 3.19. The summed E-state index contributed by atoms with van der Waals surface area (Å²) in [7, 11) is 0. The first kappa shape index (κ1) is 8.03. The molecule has 0 fully saturated rings. The van der Waals surface area contributed by atoms with Crippen LogP contribution in [0.4, 0.5) is 8.78 Å². The molecule has 0 saturated carbocycles. The Kier molecular flexibility index (Phi) is 2.11. The minimum absolute atomic E-state index is 0.131. The monoisotopic (exact) mass is 162 g/mol. The molecule has 4 nitrogen and oxygen atoms in total. The van der Waals surface area contributed by atoms with Gasteiger partial charge in [0.05, 0.1) is 6.04 Å². The van der Waals surface area contributed by atoms with Crippen LogP contribution < -0.4 is 0 Å². The molecule has 0 aromatic carbocycles. The van der Waals surface area contributed by atoms with E-state index in [0.29, 0.717) is 0 Å². The number of rotatable bonds is 2. The standard InChI is InChI=1S/C5H8F2N4/c1-3(2)11-5(4(6)7)8-9-10-11/h3-4H,1-2H3. The van der Waals surface area contributed by atoms with Crippen LogP contribution in [-0.2, 0) is 0 Å².